The van der Waals surface area contributed by atoms with Crippen molar-refractivity contribution in [2.45, 2.75) is 17.7 Å². The summed E-state index contributed by atoms with van der Waals surface area (Å²) in [5.74, 6) is 0. The molecule has 0 bridgehead atoms. The van der Waals surface area contributed by atoms with Crippen LogP contribution in [0.2, 0.25) is 0 Å². The van der Waals surface area contributed by atoms with Gasteiger partial charge in [0.05, 0.1) is 10.6 Å². The van der Waals surface area contributed by atoms with Crippen molar-refractivity contribution in [2.75, 3.05) is 13.1 Å². The Hall–Kier alpha value is -2.51. The van der Waals surface area contributed by atoms with Crippen LogP contribution in [0, 0.1) is 0 Å². The molecule has 0 radical (unpaired) electrons. The molecule has 0 atom stereocenters. The van der Waals surface area contributed by atoms with Crippen molar-refractivity contribution < 1.29 is 13.2 Å². The minimum atomic E-state index is -3.52. The molecule has 25 heavy (non-hydrogen) atoms. The molecule has 0 spiro atoms. The van der Waals surface area contributed by atoms with Crippen molar-refractivity contribution in [3.8, 4) is 11.3 Å². The van der Waals surface area contributed by atoms with Gasteiger partial charge >= 0.3 is 0 Å². The third-order valence-corrected chi connectivity index (χ3v) is 6.48. The summed E-state index contributed by atoms with van der Waals surface area (Å²) in [6.07, 6.45) is 5.85. The normalized spacial score (nSPS) is 15.7. The second kappa shape index (κ2) is 6.09. The monoisotopic (exact) mass is 355 g/mol. The number of aromatic amines is 1. The average molecular weight is 355 g/mol. The molecule has 0 amide bonds. The van der Waals surface area contributed by atoms with Gasteiger partial charge < -0.3 is 4.98 Å². The molecule has 0 aliphatic carbocycles. The Labute approximate surface area is 145 Å². The smallest absolute Gasteiger partial charge is 0.243 e. The lowest BCUT2D eigenvalue weighted by Crippen LogP contribution is -2.27. The summed E-state index contributed by atoms with van der Waals surface area (Å²) in [5, 5.41) is 0.606. The van der Waals surface area contributed by atoms with Gasteiger partial charge in [-0.3, -0.25) is 9.78 Å². The van der Waals surface area contributed by atoms with Crippen LogP contribution >= 0.6 is 0 Å². The Bertz CT molecular complexity index is 1040. The molecular formula is C18H17N3O3S. The Morgan fingerprint density at radius 2 is 1.96 bits per heavy atom. The highest BCUT2D eigenvalue weighted by Crippen LogP contribution is 2.31. The van der Waals surface area contributed by atoms with E-state index in [2.05, 4.69) is 9.97 Å². The highest BCUT2D eigenvalue weighted by molar-refractivity contribution is 7.89. The van der Waals surface area contributed by atoms with Crippen LogP contribution in [0.15, 0.2) is 47.6 Å². The second-order valence-corrected chi connectivity index (χ2v) is 8.03. The molecule has 3 aromatic rings. The molecule has 0 unspecified atom stereocenters. The molecule has 1 saturated heterocycles. The van der Waals surface area contributed by atoms with Crippen molar-refractivity contribution in [1.29, 1.82) is 0 Å². The first kappa shape index (κ1) is 16.0. The summed E-state index contributed by atoms with van der Waals surface area (Å²) < 4.78 is 27.0. The number of aromatic nitrogens is 2. The number of sulfonamides is 1. The Kier molecular flexibility index (Phi) is 3.89. The summed E-state index contributed by atoms with van der Waals surface area (Å²) in [6.45, 7) is 1.10. The van der Waals surface area contributed by atoms with Gasteiger partial charge in [-0.1, -0.05) is 0 Å². The summed E-state index contributed by atoms with van der Waals surface area (Å²) in [7, 11) is -3.52. The molecule has 6 nitrogen and oxygen atoms in total. The zero-order valence-corrected chi connectivity index (χ0v) is 14.3. The second-order valence-electron chi connectivity index (χ2n) is 6.09. The fraction of sp³-hybridized carbons (Fsp3) is 0.222. The summed E-state index contributed by atoms with van der Waals surface area (Å²) in [4.78, 5) is 19.2. The third-order valence-electron chi connectivity index (χ3n) is 4.58. The standard InChI is InChI=1S/C18H17N3O3S/c22-12-16-15-10-14(25(23,24)21-8-1-2-9-21)5-6-17(15)20-18(16)13-4-3-7-19-11-13/h3-7,10-12,20H,1-2,8-9H2. The number of fused-ring (bicyclic) bond motifs is 1. The number of carbonyl (C=O) groups excluding carboxylic acids is 1. The van der Waals surface area contributed by atoms with Crippen LogP contribution < -0.4 is 0 Å². The average Bonchev–Trinajstić information content (AvgIpc) is 3.29. The topological polar surface area (TPSA) is 83.1 Å². The fourth-order valence-corrected chi connectivity index (χ4v) is 4.83. The van der Waals surface area contributed by atoms with Gasteiger partial charge in [0, 0.05) is 47.5 Å². The Morgan fingerprint density at radius 3 is 2.64 bits per heavy atom. The highest BCUT2D eigenvalue weighted by Gasteiger charge is 2.27. The zero-order chi connectivity index (χ0) is 17.4. The predicted molar refractivity (Wildman–Crippen MR) is 94.9 cm³/mol. The van der Waals surface area contributed by atoms with Crippen LogP contribution in [0.1, 0.15) is 23.2 Å². The van der Waals surface area contributed by atoms with Crippen LogP contribution in [0.25, 0.3) is 22.2 Å². The number of carbonyl (C=O) groups is 1. The quantitative estimate of drug-likeness (QED) is 0.730. The van der Waals surface area contributed by atoms with Crippen LogP contribution in [-0.4, -0.2) is 42.1 Å². The van der Waals surface area contributed by atoms with E-state index in [4.69, 9.17) is 0 Å². The zero-order valence-electron chi connectivity index (χ0n) is 13.5. The lowest BCUT2D eigenvalue weighted by molar-refractivity contribution is 0.112. The number of rotatable bonds is 4. The van der Waals surface area contributed by atoms with Crippen LogP contribution in [0.3, 0.4) is 0 Å². The molecule has 0 saturated carbocycles. The Balaban J connectivity index is 1.87. The number of nitrogens with one attached hydrogen (secondary N) is 1. The van der Waals surface area contributed by atoms with Crippen LogP contribution in [-0.2, 0) is 10.0 Å². The third kappa shape index (κ3) is 2.65. The maximum atomic E-state index is 12.8. The van der Waals surface area contributed by atoms with E-state index < -0.39 is 10.0 Å². The summed E-state index contributed by atoms with van der Waals surface area (Å²) in [6, 6.07) is 8.54. The minimum absolute atomic E-state index is 0.224. The van der Waals surface area contributed by atoms with E-state index in [0.717, 1.165) is 30.2 Å². The molecule has 1 aromatic carbocycles. The SMILES string of the molecule is O=Cc1c(-c2cccnc2)[nH]c2ccc(S(=O)(=O)N3CCCC3)cc12. The van der Waals surface area contributed by atoms with Gasteiger partial charge in [0.15, 0.2) is 6.29 Å². The first-order valence-electron chi connectivity index (χ1n) is 8.13. The van der Waals surface area contributed by atoms with Gasteiger partial charge in [-0.05, 0) is 43.2 Å². The maximum Gasteiger partial charge on any atom is 0.243 e. The number of pyridine rings is 1. The van der Waals surface area contributed by atoms with E-state index in [0.29, 0.717) is 29.7 Å². The molecule has 4 rings (SSSR count). The molecule has 128 valence electrons. The van der Waals surface area contributed by atoms with Gasteiger partial charge in [-0.25, -0.2) is 8.42 Å². The maximum absolute atomic E-state index is 12.8. The van der Waals surface area contributed by atoms with Crippen molar-refractivity contribution in [3.05, 3.63) is 48.3 Å². The Morgan fingerprint density at radius 1 is 1.16 bits per heavy atom. The van der Waals surface area contributed by atoms with Gasteiger partial charge in [-0.15, -0.1) is 0 Å². The van der Waals surface area contributed by atoms with Crippen LogP contribution in [0.4, 0.5) is 0 Å². The molecular weight excluding hydrogens is 338 g/mol. The first-order valence-corrected chi connectivity index (χ1v) is 9.57. The minimum Gasteiger partial charge on any atom is -0.354 e. The molecule has 1 aliphatic rings. The van der Waals surface area contributed by atoms with Gasteiger partial charge in [-0.2, -0.15) is 4.31 Å². The molecule has 1 N–H and O–H groups in total. The molecule has 1 fully saturated rings. The van der Waals surface area contributed by atoms with E-state index in [1.807, 2.05) is 6.07 Å². The first-order chi connectivity index (χ1) is 12.1. The van der Waals surface area contributed by atoms with Crippen LogP contribution in [0.5, 0.6) is 0 Å². The largest absolute Gasteiger partial charge is 0.354 e. The van der Waals surface area contributed by atoms with Gasteiger partial charge in [0.1, 0.15) is 0 Å². The van der Waals surface area contributed by atoms with E-state index >= 15 is 0 Å². The molecule has 2 aromatic heterocycles. The van der Waals surface area contributed by atoms with Gasteiger partial charge in [0.2, 0.25) is 10.0 Å². The lowest BCUT2D eigenvalue weighted by Gasteiger charge is -2.15. The van der Waals surface area contributed by atoms with E-state index in [1.54, 1.807) is 36.7 Å². The van der Waals surface area contributed by atoms with Crippen molar-refractivity contribution in [3.63, 3.8) is 0 Å². The predicted octanol–water partition coefficient (Wildman–Crippen LogP) is 2.83. The van der Waals surface area contributed by atoms with Crippen molar-refractivity contribution in [2.24, 2.45) is 0 Å². The molecule has 1 aliphatic heterocycles. The molecule has 3 heterocycles. The van der Waals surface area contributed by atoms with E-state index in [-0.39, 0.29) is 4.90 Å². The highest BCUT2D eigenvalue weighted by atomic mass is 32.2. The molecule has 7 heteroatoms. The number of nitrogens with zero attached hydrogens (tertiary/aromatic N) is 2. The lowest BCUT2D eigenvalue weighted by atomic mass is 10.1. The number of H-pyrrole nitrogens is 1. The number of hydrogen-bond acceptors (Lipinski definition) is 4. The number of benzene rings is 1. The number of hydrogen-bond donors (Lipinski definition) is 1. The summed E-state index contributed by atoms with van der Waals surface area (Å²) in [5.41, 5.74) is 2.60. The van der Waals surface area contributed by atoms with E-state index in [9.17, 15) is 13.2 Å². The summed E-state index contributed by atoms with van der Waals surface area (Å²) >= 11 is 0. The van der Waals surface area contributed by atoms with Gasteiger partial charge in [0.25, 0.3) is 0 Å². The fourth-order valence-electron chi connectivity index (χ4n) is 3.29. The number of aldehydes is 1. The van der Waals surface area contributed by atoms with Crippen molar-refractivity contribution >= 4 is 27.2 Å². The van der Waals surface area contributed by atoms with Crippen molar-refractivity contribution in [1.82, 2.24) is 14.3 Å². The van der Waals surface area contributed by atoms with E-state index in [1.165, 1.54) is 4.31 Å².